The zero-order valence-corrected chi connectivity index (χ0v) is 20.1. The molecule has 1 aliphatic rings. The first-order valence-corrected chi connectivity index (χ1v) is 12.4. The van der Waals surface area contributed by atoms with Crippen molar-refractivity contribution in [3.8, 4) is 0 Å². The summed E-state index contributed by atoms with van der Waals surface area (Å²) in [4.78, 5) is 26.4. The average molecular weight is 457 g/mol. The Kier molecular flexibility index (Phi) is 12.4. The Bertz CT molecular complexity index is 849. The monoisotopic (exact) mass is 456 g/mol. The van der Waals surface area contributed by atoms with Gasteiger partial charge in [0.1, 0.15) is 5.00 Å². The molecule has 0 saturated carbocycles. The van der Waals surface area contributed by atoms with Crippen LogP contribution in [0.4, 0.5) is 5.00 Å². The van der Waals surface area contributed by atoms with E-state index in [0.717, 1.165) is 49.1 Å². The van der Waals surface area contributed by atoms with E-state index in [-0.39, 0.29) is 18.3 Å². The summed E-state index contributed by atoms with van der Waals surface area (Å²) in [5.74, 6) is -0.469. The smallest absolute Gasteiger partial charge is 0.341 e. The van der Waals surface area contributed by atoms with Crippen molar-refractivity contribution < 1.29 is 14.3 Å². The van der Waals surface area contributed by atoms with Crippen LogP contribution in [0.25, 0.3) is 0 Å². The fourth-order valence-electron chi connectivity index (χ4n) is 3.29. The predicted molar refractivity (Wildman–Crippen MR) is 134 cm³/mol. The quantitative estimate of drug-likeness (QED) is 0.214. The van der Waals surface area contributed by atoms with Crippen molar-refractivity contribution in [3.63, 3.8) is 0 Å². The Morgan fingerprint density at radius 1 is 1.00 bits per heavy atom. The van der Waals surface area contributed by atoms with Gasteiger partial charge in [-0.3, -0.25) is 4.79 Å². The number of carbonyl (C=O) groups is 2. The summed E-state index contributed by atoms with van der Waals surface area (Å²) in [5, 5.41) is 6.87. The molecule has 1 aromatic rings. The van der Waals surface area contributed by atoms with E-state index in [4.69, 9.17) is 4.74 Å². The zero-order valence-electron chi connectivity index (χ0n) is 19.3. The normalized spacial score (nSPS) is 14.1. The van der Waals surface area contributed by atoms with Gasteiger partial charge in [-0.1, -0.05) is 62.5 Å². The first-order chi connectivity index (χ1) is 15.7. The lowest BCUT2D eigenvalue weighted by Crippen LogP contribution is -2.23. The number of amides is 1. The first kappa shape index (κ1) is 25.8. The van der Waals surface area contributed by atoms with Crippen LogP contribution in [0.15, 0.2) is 48.6 Å². The van der Waals surface area contributed by atoms with Gasteiger partial charge < -0.3 is 15.4 Å². The van der Waals surface area contributed by atoms with Gasteiger partial charge in [-0.25, -0.2) is 4.79 Å². The van der Waals surface area contributed by atoms with E-state index in [2.05, 4.69) is 54.9 Å². The molecule has 5 nitrogen and oxygen atoms in total. The number of nitrogens with one attached hydrogen (secondary N) is 2. The van der Waals surface area contributed by atoms with Crippen LogP contribution >= 0.6 is 11.3 Å². The molecular weight excluding hydrogens is 420 g/mol. The van der Waals surface area contributed by atoms with Gasteiger partial charge in [0, 0.05) is 17.8 Å². The highest BCUT2D eigenvalue weighted by molar-refractivity contribution is 7.17. The highest BCUT2D eigenvalue weighted by Gasteiger charge is 2.27. The van der Waals surface area contributed by atoms with Gasteiger partial charge >= 0.3 is 5.97 Å². The average Bonchev–Trinajstić information content (AvgIpc) is 3.15. The summed E-state index contributed by atoms with van der Waals surface area (Å²) in [6.45, 7) is 6.07. The summed E-state index contributed by atoms with van der Waals surface area (Å²) < 4.78 is 5.54. The minimum absolute atomic E-state index is 0.121. The summed E-state index contributed by atoms with van der Waals surface area (Å²) in [5.41, 5.74) is 1.54. The molecular formula is C26H36N2O3S. The van der Waals surface area contributed by atoms with Gasteiger partial charge in [-0.2, -0.15) is 0 Å². The fraction of sp³-hybridized carbons (Fsp3) is 0.462. The van der Waals surface area contributed by atoms with Crippen LogP contribution in [0, 0.1) is 0 Å². The van der Waals surface area contributed by atoms with Gasteiger partial charge in [0.05, 0.1) is 12.2 Å². The van der Waals surface area contributed by atoms with Crippen LogP contribution < -0.4 is 10.6 Å². The zero-order chi connectivity index (χ0) is 23.0. The molecule has 6 heteroatoms. The number of fused-ring (bicyclic) bond motifs is 1. The van der Waals surface area contributed by atoms with Crippen molar-refractivity contribution in [1.29, 1.82) is 0 Å². The number of anilines is 1. The largest absolute Gasteiger partial charge is 0.462 e. The second kappa shape index (κ2) is 15.4. The number of allylic oxidation sites excluding steroid dienone is 6. The van der Waals surface area contributed by atoms with E-state index in [9.17, 15) is 9.59 Å². The molecule has 1 aliphatic heterocycles. The molecule has 0 spiro atoms. The molecule has 1 aromatic heterocycles. The molecule has 0 unspecified atom stereocenters. The third kappa shape index (κ3) is 8.97. The standard InChI is InChI=1S/C26H36N2O3S/c1-3-5-7-9-11-13-15-19-31-26(30)24-21-17-18-27-20-22(21)32-25(24)28-23(29)16-14-12-10-8-6-4-2/h5-8,11-14,27H,3-4,9-10,15-20H2,1-2H3,(H,28,29)/b7-5-,8-6-,13-11-,14-12-. The molecule has 174 valence electrons. The molecule has 0 bridgehead atoms. The van der Waals surface area contributed by atoms with E-state index >= 15 is 0 Å². The topological polar surface area (TPSA) is 67.4 Å². The lowest BCUT2D eigenvalue weighted by atomic mass is 10.0. The van der Waals surface area contributed by atoms with Crippen LogP contribution in [0.3, 0.4) is 0 Å². The number of esters is 1. The SMILES string of the molecule is CC/C=C\C/C=C\CCOC(=O)c1c(NC(=O)C/C=C\C/C=C\CC)sc2c1CCNC2. The maximum atomic E-state index is 12.9. The maximum absolute atomic E-state index is 12.9. The molecule has 0 aliphatic carbocycles. The lowest BCUT2D eigenvalue weighted by Gasteiger charge is -2.14. The first-order valence-electron chi connectivity index (χ1n) is 11.6. The second-order valence-corrected chi connectivity index (χ2v) is 8.59. The van der Waals surface area contributed by atoms with Crippen LogP contribution in [-0.4, -0.2) is 25.0 Å². The number of ether oxygens (including phenoxy) is 1. The van der Waals surface area contributed by atoms with Gasteiger partial charge in [-0.15, -0.1) is 11.3 Å². The van der Waals surface area contributed by atoms with Crippen molar-refractivity contribution in [2.45, 2.75) is 65.3 Å². The number of carbonyl (C=O) groups excluding carboxylic acids is 2. The molecule has 0 radical (unpaired) electrons. The van der Waals surface area contributed by atoms with Gasteiger partial charge in [0.15, 0.2) is 0 Å². The van der Waals surface area contributed by atoms with Crippen molar-refractivity contribution in [3.05, 3.63) is 64.6 Å². The third-order valence-corrected chi connectivity index (χ3v) is 6.04. The maximum Gasteiger partial charge on any atom is 0.341 e. The van der Waals surface area contributed by atoms with Gasteiger partial charge in [0.2, 0.25) is 5.91 Å². The number of hydrogen-bond donors (Lipinski definition) is 2. The molecule has 0 saturated heterocycles. The van der Waals surface area contributed by atoms with Crippen molar-refractivity contribution >= 4 is 28.2 Å². The van der Waals surface area contributed by atoms with Crippen LogP contribution in [-0.2, 0) is 22.5 Å². The Morgan fingerprint density at radius 2 is 1.69 bits per heavy atom. The third-order valence-electron chi connectivity index (χ3n) is 4.89. The molecule has 0 atom stereocenters. The highest BCUT2D eigenvalue weighted by Crippen LogP contribution is 2.36. The van der Waals surface area contributed by atoms with Gasteiger partial charge in [0.25, 0.3) is 0 Å². The number of hydrogen-bond acceptors (Lipinski definition) is 5. The molecule has 0 fully saturated rings. The van der Waals surface area contributed by atoms with E-state index in [0.29, 0.717) is 30.1 Å². The summed E-state index contributed by atoms with van der Waals surface area (Å²) in [7, 11) is 0. The molecule has 2 rings (SSSR count). The summed E-state index contributed by atoms with van der Waals surface area (Å²) >= 11 is 1.47. The minimum atomic E-state index is -0.348. The van der Waals surface area contributed by atoms with E-state index in [1.165, 1.54) is 11.3 Å². The molecule has 2 N–H and O–H groups in total. The Labute approximate surface area is 196 Å². The van der Waals surface area contributed by atoms with Crippen LogP contribution in [0.5, 0.6) is 0 Å². The second-order valence-electron chi connectivity index (χ2n) is 7.49. The molecule has 0 aromatic carbocycles. The van der Waals surface area contributed by atoms with Gasteiger partial charge in [-0.05, 0) is 50.6 Å². The number of rotatable bonds is 13. The fourth-order valence-corrected chi connectivity index (χ4v) is 4.51. The van der Waals surface area contributed by atoms with Crippen molar-refractivity contribution in [2.75, 3.05) is 18.5 Å². The Hall–Kier alpha value is -2.44. The van der Waals surface area contributed by atoms with Crippen LogP contribution in [0.1, 0.15) is 73.2 Å². The minimum Gasteiger partial charge on any atom is -0.462 e. The molecule has 1 amide bonds. The molecule has 2 heterocycles. The van der Waals surface area contributed by atoms with E-state index < -0.39 is 0 Å². The Morgan fingerprint density at radius 3 is 2.41 bits per heavy atom. The Balaban J connectivity index is 1.95. The highest BCUT2D eigenvalue weighted by atomic mass is 32.1. The van der Waals surface area contributed by atoms with Crippen molar-refractivity contribution in [2.24, 2.45) is 0 Å². The van der Waals surface area contributed by atoms with Crippen LogP contribution in [0.2, 0.25) is 0 Å². The lowest BCUT2D eigenvalue weighted by molar-refractivity contribution is -0.115. The summed E-state index contributed by atoms with van der Waals surface area (Å²) in [6.07, 6.45) is 21.9. The van der Waals surface area contributed by atoms with Crippen molar-refractivity contribution in [1.82, 2.24) is 5.32 Å². The number of thiophene rings is 1. The van der Waals surface area contributed by atoms with E-state index in [1.54, 1.807) is 0 Å². The van der Waals surface area contributed by atoms with E-state index in [1.807, 2.05) is 18.2 Å². The predicted octanol–water partition coefficient (Wildman–Crippen LogP) is 6.09. The molecule has 32 heavy (non-hydrogen) atoms. The summed E-state index contributed by atoms with van der Waals surface area (Å²) in [6, 6.07) is 0.